The summed E-state index contributed by atoms with van der Waals surface area (Å²) in [6.45, 7) is 0.716. The highest BCUT2D eigenvalue weighted by molar-refractivity contribution is 6.32. The molecule has 8 heteroatoms. The molecule has 0 saturated carbocycles. The molecule has 134 valence electrons. The van der Waals surface area contributed by atoms with Gasteiger partial charge in [0.2, 0.25) is 5.95 Å². The standard InChI is InChI=1S/C18H17Cl2N5O/c1-26-16-7-6-14(10-15(16)20)23-18-24-17(11-22-25-18)21-9-8-12-2-4-13(19)5-3-12/h2-7,10-11H,8-9H2,1H3,(H2,21,23,24,25). The molecule has 0 atom stereocenters. The maximum atomic E-state index is 6.12. The Balaban J connectivity index is 1.59. The summed E-state index contributed by atoms with van der Waals surface area (Å²) in [5, 5.41) is 15.5. The molecule has 1 aromatic heterocycles. The SMILES string of the molecule is COc1ccc(Nc2nncc(NCCc3ccc(Cl)cc3)n2)cc1Cl. The van der Waals surface area contributed by atoms with Crippen molar-refractivity contribution in [2.75, 3.05) is 24.3 Å². The van der Waals surface area contributed by atoms with Crippen LogP contribution in [0.25, 0.3) is 0 Å². The van der Waals surface area contributed by atoms with Crippen LogP contribution in [0.3, 0.4) is 0 Å². The molecule has 0 aliphatic rings. The van der Waals surface area contributed by atoms with Crippen LogP contribution in [0.2, 0.25) is 10.0 Å². The van der Waals surface area contributed by atoms with Crippen molar-refractivity contribution in [3.63, 3.8) is 0 Å². The van der Waals surface area contributed by atoms with Gasteiger partial charge in [0.15, 0.2) is 5.82 Å². The van der Waals surface area contributed by atoms with E-state index in [0.717, 1.165) is 17.1 Å². The number of hydrogen-bond acceptors (Lipinski definition) is 6. The Kier molecular flexibility index (Phi) is 6.09. The number of anilines is 3. The van der Waals surface area contributed by atoms with Crippen LogP contribution in [0.1, 0.15) is 5.56 Å². The first kappa shape index (κ1) is 18.2. The van der Waals surface area contributed by atoms with Crippen LogP contribution in [-0.4, -0.2) is 28.8 Å². The predicted molar refractivity (Wildman–Crippen MR) is 105 cm³/mol. The molecule has 0 radical (unpaired) electrons. The molecule has 0 aliphatic carbocycles. The third-order valence-electron chi connectivity index (χ3n) is 3.60. The highest BCUT2D eigenvalue weighted by atomic mass is 35.5. The highest BCUT2D eigenvalue weighted by Gasteiger charge is 2.05. The van der Waals surface area contributed by atoms with Crippen LogP contribution < -0.4 is 15.4 Å². The maximum absolute atomic E-state index is 6.12. The fourth-order valence-electron chi connectivity index (χ4n) is 2.30. The van der Waals surface area contributed by atoms with Crippen molar-refractivity contribution in [2.24, 2.45) is 0 Å². The molecule has 0 saturated heterocycles. The topological polar surface area (TPSA) is 72.0 Å². The second-order valence-electron chi connectivity index (χ2n) is 5.44. The Hall–Kier alpha value is -2.57. The summed E-state index contributed by atoms with van der Waals surface area (Å²) >= 11 is 12.0. The van der Waals surface area contributed by atoms with E-state index in [1.165, 1.54) is 5.56 Å². The number of benzene rings is 2. The molecule has 0 amide bonds. The van der Waals surface area contributed by atoms with E-state index in [0.29, 0.717) is 29.1 Å². The third kappa shape index (κ3) is 4.97. The lowest BCUT2D eigenvalue weighted by Gasteiger charge is -2.09. The summed E-state index contributed by atoms with van der Waals surface area (Å²) in [6.07, 6.45) is 2.42. The van der Waals surface area contributed by atoms with Gasteiger partial charge in [-0.1, -0.05) is 35.3 Å². The van der Waals surface area contributed by atoms with Crippen molar-refractivity contribution in [3.05, 3.63) is 64.3 Å². The van der Waals surface area contributed by atoms with Gasteiger partial charge >= 0.3 is 0 Å². The largest absolute Gasteiger partial charge is 0.495 e. The van der Waals surface area contributed by atoms with E-state index >= 15 is 0 Å². The molecular formula is C18H17Cl2N5O. The number of nitrogens with zero attached hydrogens (tertiary/aromatic N) is 3. The zero-order chi connectivity index (χ0) is 18.4. The van der Waals surface area contributed by atoms with Gasteiger partial charge in [-0.3, -0.25) is 0 Å². The lowest BCUT2D eigenvalue weighted by atomic mass is 10.1. The van der Waals surface area contributed by atoms with E-state index in [2.05, 4.69) is 25.8 Å². The summed E-state index contributed by atoms with van der Waals surface area (Å²) in [6, 6.07) is 13.1. The molecule has 0 aliphatic heterocycles. The number of rotatable bonds is 7. The minimum absolute atomic E-state index is 0.378. The molecule has 2 aromatic carbocycles. The van der Waals surface area contributed by atoms with Crippen molar-refractivity contribution < 1.29 is 4.74 Å². The summed E-state index contributed by atoms with van der Waals surface area (Å²) in [4.78, 5) is 4.39. The number of aromatic nitrogens is 3. The fraction of sp³-hybridized carbons (Fsp3) is 0.167. The quantitative estimate of drug-likeness (QED) is 0.615. The van der Waals surface area contributed by atoms with E-state index in [4.69, 9.17) is 27.9 Å². The van der Waals surface area contributed by atoms with Gasteiger partial charge in [-0.05, 0) is 42.3 Å². The number of methoxy groups -OCH3 is 1. The lowest BCUT2D eigenvalue weighted by molar-refractivity contribution is 0.415. The second kappa shape index (κ2) is 8.69. The van der Waals surface area contributed by atoms with Gasteiger partial charge in [0.05, 0.1) is 18.3 Å². The van der Waals surface area contributed by atoms with E-state index in [1.807, 2.05) is 30.3 Å². The minimum Gasteiger partial charge on any atom is -0.495 e. The van der Waals surface area contributed by atoms with Crippen LogP contribution in [0.5, 0.6) is 5.75 Å². The van der Waals surface area contributed by atoms with Gasteiger partial charge < -0.3 is 15.4 Å². The molecule has 26 heavy (non-hydrogen) atoms. The second-order valence-corrected chi connectivity index (χ2v) is 6.29. The molecule has 3 aromatic rings. The summed E-state index contributed by atoms with van der Waals surface area (Å²) in [5.41, 5.74) is 1.94. The molecule has 0 unspecified atom stereocenters. The molecule has 1 heterocycles. The summed E-state index contributed by atoms with van der Waals surface area (Å²) in [5.74, 6) is 1.62. The Morgan fingerprint density at radius 3 is 2.62 bits per heavy atom. The molecule has 0 spiro atoms. The van der Waals surface area contributed by atoms with E-state index in [1.54, 1.807) is 25.4 Å². The van der Waals surface area contributed by atoms with Gasteiger partial charge in [-0.25, -0.2) is 0 Å². The maximum Gasteiger partial charge on any atom is 0.249 e. The first-order valence-electron chi connectivity index (χ1n) is 7.92. The summed E-state index contributed by atoms with van der Waals surface area (Å²) < 4.78 is 5.14. The van der Waals surface area contributed by atoms with Gasteiger partial charge in [0, 0.05) is 17.3 Å². The van der Waals surface area contributed by atoms with Crippen molar-refractivity contribution >= 4 is 40.7 Å². The molecule has 2 N–H and O–H groups in total. The number of ether oxygens (including phenoxy) is 1. The normalized spacial score (nSPS) is 10.4. The number of halogens is 2. The zero-order valence-electron chi connectivity index (χ0n) is 14.0. The Morgan fingerprint density at radius 1 is 1.08 bits per heavy atom. The Bertz CT molecular complexity index is 874. The average molecular weight is 390 g/mol. The molecule has 0 bridgehead atoms. The van der Waals surface area contributed by atoms with Crippen LogP contribution in [0.15, 0.2) is 48.7 Å². The van der Waals surface area contributed by atoms with Crippen molar-refractivity contribution in [3.8, 4) is 5.75 Å². The first-order valence-corrected chi connectivity index (χ1v) is 8.68. The predicted octanol–water partition coefficient (Wildman–Crippen LogP) is 4.59. The number of hydrogen-bond donors (Lipinski definition) is 2. The van der Waals surface area contributed by atoms with Gasteiger partial charge in [-0.2, -0.15) is 10.1 Å². The van der Waals surface area contributed by atoms with Crippen LogP contribution >= 0.6 is 23.2 Å². The molecule has 0 fully saturated rings. The highest BCUT2D eigenvalue weighted by Crippen LogP contribution is 2.28. The Labute approximate surface area is 161 Å². The first-order chi connectivity index (χ1) is 12.6. The van der Waals surface area contributed by atoms with E-state index in [-0.39, 0.29) is 0 Å². The lowest BCUT2D eigenvalue weighted by Crippen LogP contribution is -2.08. The van der Waals surface area contributed by atoms with Gasteiger partial charge in [-0.15, -0.1) is 5.10 Å². The van der Waals surface area contributed by atoms with Gasteiger partial charge in [0.25, 0.3) is 0 Å². The van der Waals surface area contributed by atoms with Crippen molar-refractivity contribution in [2.45, 2.75) is 6.42 Å². The van der Waals surface area contributed by atoms with Crippen molar-refractivity contribution in [1.29, 1.82) is 0 Å². The fourth-order valence-corrected chi connectivity index (χ4v) is 2.68. The monoisotopic (exact) mass is 389 g/mol. The summed E-state index contributed by atoms with van der Waals surface area (Å²) in [7, 11) is 1.57. The van der Waals surface area contributed by atoms with Crippen molar-refractivity contribution in [1.82, 2.24) is 15.2 Å². The molecule has 6 nitrogen and oxygen atoms in total. The number of nitrogens with one attached hydrogen (secondary N) is 2. The molecular weight excluding hydrogens is 373 g/mol. The van der Waals surface area contributed by atoms with E-state index in [9.17, 15) is 0 Å². The average Bonchev–Trinajstić information content (AvgIpc) is 2.64. The van der Waals surface area contributed by atoms with Crippen LogP contribution in [0.4, 0.5) is 17.5 Å². The smallest absolute Gasteiger partial charge is 0.249 e. The van der Waals surface area contributed by atoms with Gasteiger partial charge in [0.1, 0.15) is 5.75 Å². The Morgan fingerprint density at radius 2 is 1.88 bits per heavy atom. The van der Waals surface area contributed by atoms with Crippen LogP contribution in [0, 0.1) is 0 Å². The third-order valence-corrected chi connectivity index (χ3v) is 4.15. The zero-order valence-corrected chi connectivity index (χ0v) is 15.6. The molecule has 3 rings (SSSR count). The van der Waals surface area contributed by atoms with Crippen LogP contribution in [-0.2, 0) is 6.42 Å². The van der Waals surface area contributed by atoms with E-state index < -0.39 is 0 Å². The minimum atomic E-state index is 0.378.